The highest BCUT2D eigenvalue weighted by Crippen LogP contribution is 2.07. The minimum Gasteiger partial charge on any atom is -0.428 e. The molecule has 0 heterocycles. The van der Waals surface area contributed by atoms with E-state index in [9.17, 15) is 9.59 Å². The van der Waals surface area contributed by atoms with Crippen molar-refractivity contribution in [3.05, 3.63) is 0 Å². The maximum atomic E-state index is 10.8. The van der Waals surface area contributed by atoms with Crippen LogP contribution in [-0.4, -0.2) is 24.3 Å². The summed E-state index contributed by atoms with van der Waals surface area (Å²) in [5, 5.41) is 0. The van der Waals surface area contributed by atoms with Crippen molar-refractivity contribution in [2.24, 2.45) is 5.90 Å². The molecule has 0 aromatic rings. The van der Waals surface area contributed by atoms with Crippen LogP contribution in [0.15, 0.2) is 0 Å². The molecule has 2 N–H and O–H groups in total. The molecule has 6 nitrogen and oxygen atoms in total. The number of rotatable bonds is 2. The fraction of sp³-hybridized carbons (Fsp3) is 0.714. The molecule has 0 aliphatic heterocycles. The second-order valence-corrected chi connectivity index (χ2v) is 3.25. The van der Waals surface area contributed by atoms with Crippen LogP contribution in [0.5, 0.6) is 0 Å². The quantitative estimate of drug-likeness (QED) is 0.385. The van der Waals surface area contributed by atoms with E-state index in [-0.39, 0.29) is 0 Å². The highest BCUT2D eigenvalue weighted by Gasteiger charge is 2.19. The first-order valence-electron chi connectivity index (χ1n) is 3.60. The van der Waals surface area contributed by atoms with E-state index in [0.717, 1.165) is 0 Å². The highest BCUT2D eigenvalue weighted by molar-refractivity contribution is 5.82. The van der Waals surface area contributed by atoms with Crippen LogP contribution in [0.1, 0.15) is 20.8 Å². The first kappa shape index (κ1) is 11.9. The topological polar surface area (TPSA) is 87.8 Å². The van der Waals surface area contributed by atoms with E-state index in [4.69, 9.17) is 0 Å². The second kappa shape index (κ2) is 4.78. The molecule has 0 unspecified atom stereocenters. The summed E-state index contributed by atoms with van der Waals surface area (Å²) in [7, 11) is 0. The Morgan fingerprint density at radius 2 is 1.85 bits per heavy atom. The van der Waals surface area contributed by atoms with Crippen LogP contribution < -0.4 is 5.90 Å². The van der Waals surface area contributed by atoms with Crippen molar-refractivity contribution in [1.29, 1.82) is 0 Å². The van der Waals surface area contributed by atoms with Gasteiger partial charge in [0, 0.05) is 0 Å². The van der Waals surface area contributed by atoms with Crippen molar-refractivity contribution < 1.29 is 23.9 Å². The molecule has 0 radical (unpaired) electrons. The molecule has 13 heavy (non-hydrogen) atoms. The lowest BCUT2D eigenvalue weighted by atomic mass is 10.2. The zero-order valence-electron chi connectivity index (χ0n) is 7.83. The van der Waals surface area contributed by atoms with Gasteiger partial charge in [-0.3, -0.25) is 4.84 Å². The summed E-state index contributed by atoms with van der Waals surface area (Å²) in [4.78, 5) is 25.3. The normalized spacial score (nSPS) is 10.8. The van der Waals surface area contributed by atoms with Gasteiger partial charge in [-0.1, -0.05) is 0 Å². The minimum absolute atomic E-state index is 0.487. The third-order valence-electron chi connectivity index (χ3n) is 0.788. The van der Waals surface area contributed by atoms with Crippen LogP contribution in [0.2, 0.25) is 0 Å². The van der Waals surface area contributed by atoms with Crippen molar-refractivity contribution in [2.75, 3.05) is 6.61 Å². The third-order valence-corrected chi connectivity index (χ3v) is 0.788. The SMILES string of the molecule is CC(C)(C)OC(=O)OC(=O)CON. The summed E-state index contributed by atoms with van der Waals surface area (Å²) >= 11 is 0. The first-order valence-corrected chi connectivity index (χ1v) is 3.60. The zero-order chi connectivity index (χ0) is 10.5. The summed E-state index contributed by atoms with van der Waals surface area (Å²) in [6, 6.07) is 0. The van der Waals surface area contributed by atoms with E-state index in [1.165, 1.54) is 0 Å². The van der Waals surface area contributed by atoms with Gasteiger partial charge in [-0.25, -0.2) is 15.5 Å². The van der Waals surface area contributed by atoms with Gasteiger partial charge in [0.15, 0.2) is 6.61 Å². The molecule has 0 aliphatic carbocycles. The number of hydrogen-bond donors (Lipinski definition) is 1. The van der Waals surface area contributed by atoms with Crippen molar-refractivity contribution >= 4 is 12.1 Å². The van der Waals surface area contributed by atoms with Crippen LogP contribution >= 0.6 is 0 Å². The number of hydrogen-bond acceptors (Lipinski definition) is 6. The Hall–Kier alpha value is -1.14. The second-order valence-electron chi connectivity index (χ2n) is 3.25. The van der Waals surface area contributed by atoms with E-state index in [2.05, 4.69) is 20.2 Å². The molecule has 0 saturated carbocycles. The predicted octanol–water partition coefficient (Wildman–Crippen LogP) is 0.355. The molecular formula is C7H13NO5. The Balaban J connectivity index is 3.82. The van der Waals surface area contributed by atoms with Gasteiger partial charge < -0.3 is 9.47 Å². The molecule has 76 valence electrons. The monoisotopic (exact) mass is 191 g/mol. The molecule has 0 aromatic carbocycles. The Morgan fingerprint density at radius 1 is 1.31 bits per heavy atom. The number of ether oxygens (including phenoxy) is 2. The van der Waals surface area contributed by atoms with Gasteiger partial charge in [-0.05, 0) is 20.8 Å². The lowest BCUT2D eigenvalue weighted by molar-refractivity contribution is -0.146. The fourth-order valence-corrected chi connectivity index (χ4v) is 0.461. The van der Waals surface area contributed by atoms with Gasteiger partial charge in [0.1, 0.15) is 5.60 Å². The van der Waals surface area contributed by atoms with Crippen molar-refractivity contribution in [3.8, 4) is 0 Å². The van der Waals surface area contributed by atoms with E-state index < -0.39 is 24.3 Å². The van der Waals surface area contributed by atoms with Crippen LogP contribution in [0.25, 0.3) is 0 Å². The Morgan fingerprint density at radius 3 is 2.23 bits per heavy atom. The molecule has 0 fully saturated rings. The van der Waals surface area contributed by atoms with E-state index >= 15 is 0 Å². The Kier molecular flexibility index (Phi) is 4.36. The average molecular weight is 191 g/mol. The number of esters is 1. The van der Waals surface area contributed by atoms with Crippen LogP contribution in [0.3, 0.4) is 0 Å². The third kappa shape index (κ3) is 7.23. The van der Waals surface area contributed by atoms with Crippen molar-refractivity contribution in [3.63, 3.8) is 0 Å². The molecule has 6 heteroatoms. The summed E-state index contributed by atoms with van der Waals surface area (Å²) in [5.41, 5.74) is -0.694. The van der Waals surface area contributed by atoms with Gasteiger partial charge in [0.2, 0.25) is 0 Å². The minimum atomic E-state index is -1.06. The molecule has 0 amide bonds. The summed E-state index contributed by atoms with van der Waals surface area (Å²) in [6.45, 7) is 4.47. The molecule has 0 rings (SSSR count). The maximum Gasteiger partial charge on any atom is 0.516 e. The Labute approximate surface area is 75.9 Å². The fourth-order valence-electron chi connectivity index (χ4n) is 0.461. The van der Waals surface area contributed by atoms with Crippen LogP contribution in [-0.2, 0) is 19.1 Å². The van der Waals surface area contributed by atoms with Crippen molar-refractivity contribution in [2.45, 2.75) is 26.4 Å². The molecule has 0 bridgehead atoms. The highest BCUT2D eigenvalue weighted by atomic mass is 16.8. The number of nitrogens with two attached hydrogens (primary N) is 1. The van der Waals surface area contributed by atoms with Gasteiger partial charge in [-0.15, -0.1) is 0 Å². The van der Waals surface area contributed by atoms with Gasteiger partial charge in [0.25, 0.3) is 0 Å². The molecular weight excluding hydrogens is 178 g/mol. The smallest absolute Gasteiger partial charge is 0.428 e. The molecule has 0 saturated heterocycles. The summed E-state index contributed by atoms with van der Waals surface area (Å²) in [5.74, 6) is 3.69. The number of carbonyl (C=O) groups is 2. The average Bonchev–Trinajstić information content (AvgIpc) is 1.81. The number of carbonyl (C=O) groups excluding carboxylic acids is 2. The largest absolute Gasteiger partial charge is 0.516 e. The van der Waals surface area contributed by atoms with Crippen molar-refractivity contribution in [1.82, 2.24) is 0 Å². The maximum absolute atomic E-state index is 10.8. The lowest BCUT2D eigenvalue weighted by Gasteiger charge is -2.17. The summed E-state index contributed by atoms with van der Waals surface area (Å²) in [6.07, 6.45) is -1.06. The van der Waals surface area contributed by atoms with Gasteiger partial charge in [0.05, 0.1) is 0 Å². The molecule has 0 aromatic heterocycles. The summed E-state index contributed by atoms with van der Waals surface area (Å²) < 4.78 is 8.84. The molecule has 0 atom stereocenters. The molecule has 0 aliphatic rings. The van der Waals surface area contributed by atoms with Gasteiger partial charge >= 0.3 is 12.1 Å². The molecule has 0 spiro atoms. The lowest BCUT2D eigenvalue weighted by Crippen LogP contribution is -2.27. The van der Waals surface area contributed by atoms with Gasteiger partial charge in [-0.2, -0.15) is 0 Å². The predicted molar refractivity (Wildman–Crippen MR) is 42.5 cm³/mol. The standard InChI is InChI=1S/C7H13NO5/c1-7(2,3)13-6(10)12-5(9)4-11-8/h4,8H2,1-3H3. The van der Waals surface area contributed by atoms with E-state index in [1.807, 2.05) is 0 Å². The zero-order valence-corrected chi connectivity index (χ0v) is 7.83. The van der Waals surface area contributed by atoms with Crippen LogP contribution in [0.4, 0.5) is 4.79 Å². The van der Waals surface area contributed by atoms with E-state index in [0.29, 0.717) is 0 Å². The first-order chi connectivity index (χ1) is 5.85. The Bertz CT molecular complexity index is 196. The van der Waals surface area contributed by atoms with E-state index in [1.54, 1.807) is 20.8 Å². The van der Waals surface area contributed by atoms with Crippen LogP contribution in [0, 0.1) is 0 Å².